The highest BCUT2D eigenvalue weighted by Crippen LogP contribution is 2.25. The third kappa shape index (κ3) is 3.96. The second kappa shape index (κ2) is 8.00. The Morgan fingerprint density at radius 3 is 2.50 bits per heavy atom. The predicted octanol–water partition coefficient (Wildman–Crippen LogP) is 3.85. The highest BCUT2D eigenvalue weighted by molar-refractivity contribution is 14.1. The summed E-state index contributed by atoms with van der Waals surface area (Å²) in [6, 6.07) is 0. The maximum Gasteiger partial charge on any atom is 0.227 e. The Labute approximate surface area is 135 Å². The van der Waals surface area contributed by atoms with Gasteiger partial charge in [-0.05, 0) is 54.7 Å². The molecule has 0 spiro atoms. The van der Waals surface area contributed by atoms with Crippen LogP contribution in [0.3, 0.4) is 0 Å². The van der Waals surface area contributed by atoms with Gasteiger partial charge < -0.3 is 10.2 Å². The van der Waals surface area contributed by atoms with Crippen molar-refractivity contribution in [1.29, 1.82) is 0 Å². The van der Waals surface area contributed by atoms with Crippen molar-refractivity contribution in [3.05, 3.63) is 9.26 Å². The van der Waals surface area contributed by atoms with Crippen LogP contribution in [-0.4, -0.2) is 29.6 Å². The van der Waals surface area contributed by atoms with Gasteiger partial charge >= 0.3 is 0 Å². The lowest BCUT2D eigenvalue weighted by molar-refractivity contribution is 0.567. The predicted molar refractivity (Wildman–Crippen MR) is 93.6 cm³/mol. The molecule has 2 heterocycles. The van der Waals surface area contributed by atoms with Crippen molar-refractivity contribution in [1.82, 2.24) is 9.97 Å². The lowest BCUT2D eigenvalue weighted by atomic mass is 10.1. The maximum atomic E-state index is 4.82. The van der Waals surface area contributed by atoms with Gasteiger partial charge in [-0.2, -0.15) is 4.98 Å². The lowest BCUT2D eigenvalue weighted by Crippen LogP contribution is -2.31. The zero-order valence-corrected chi connectivity index (χ0v) is 14.7. The minimum absolute atomic E-state index is 0.923. The topological polar surface area (TPSA) is 41.1 Å². The van der Waals surface area contributed by atoms with Crippen LogP contribution in [0.2, 0.25) is 0 Å². The molecule has 0 bridgehead atoms. The minimum atomic E-state index is 0.923. The van der Waals surface area contributed by atoms with Gasteiger partial charge in [-0.1, -0.05) is 20.3 Å². The molecule has 1 aromatic heterocycles. The third-order valence-corrected chi connectivity index (χ3v) is 4.71. The van der Waals surface area contributed by atoms with Gasteiger partial charge in [0, 0.05) is 19.6 Å². The van der Waals surface area contributed by atoms with E-state index in [9.17, 15) is 0 Å². The Morgan fingerprint density at radius 1 is 1.10 bits per heavy atom. The first kappa shape index (κ1) is 15.8. The van der Waals surface area contributed by atoms with Crippen LogP contribution in [0.25, 0.3) is 0 Å². The van der Waals surface area contributed by atoms with Crippen molar-refractivity contribution in [2.45, 2.75) is 52.4 Å². The number of anilines is 2. The Bertz CT molecular complexity index is 430. The van der Waals surface area contributed by atoms with Gasteiger partial charge in [0.15, 0.2) is 0 Å². The molecule has 0 aromatic carbocycles. The molecule has 112 valence electrons. The van der Waals surface area contributed by atoms with Gasteiger partial charge in [0.25, 0.3) is 0 Å². The average Bonchev–Trinajstić information content (AvgIpc) is 2.49. The normalized spacial score (nSPS) is 15.4. The van der Waals surface area contributed by atoms with E-state index in [0.717, 1.165) is 50.7 Å². The fourth-order valence-corrected chi connectivity index (χ4v) is 3.18. The molecular weight excluding hydrogens is 363 g/mol. The number of piperidine rings is 1. The molecule has 1 aromatic rings. The van der Waals surface area contributed by atoms with Crippen molar-refractivity contribution in [3.8, 4) is 0 Å². The molecule has 1 fully saturated rings. The number of hydrogen-bond acceptors (Lipinski definition) is 4. The molecule has 0 atom stereocenters. The SMILES string of the molecule is CCCNc1nc(N2CCCCC2)nc(CCC)c1I. The van der Waals surface area contributed by atoms with Gasteiger partial charge in [0.2, 0.25) is 5.95 Å². The second-order valence-electron chi connectivity index (χ2n) is 5.36. The second-order valence-corrected chi connectivity index (χ2v) is 6.44. The molecule has 2 rings (SSSR count). The first-order valence-electron chi connectivity index (χ1n) is 7.81. The Hall–Kier alpha value is -0.590. The fourth-order valence-electron chi connectivity index (χ4n) is 2.48. The maximum absolute atomic E-state index is 4.82. The molecule has 1 saturated heterocycles. The summed E-state index contributed by atoms with van der Waals surface area (Å²) in [5.74, 6) is 1.94. The summed E-state index contributed by atoms with van der Waals surface area (Å²) in [4.78, 5) is 11.9. The van der Waals surface area contributed by atoms with Gasteiger partial charge in [-0.3, -0.25) is 0 Å². The molecule has 1 aliphatic rings. The summed E-state index contributed by atoms with van der Waals surface area (Å²) in [7, 11) is 0. The number of nitrogens with one attached hydrogen (secondary N) is 1. The zero-order valence-electron chi connectivity index (χ0n) is 12.6. The van der Waals surface area contributed by atoms with Crippen molar-refractivity contribution in [2.75, 3.05) is 29.9 Å². The minimum Gasteiger partial charge on any atom is -0.369 e. The molecule has 0 amide bonds. The number of aryl methyl sites for hydroxylation is 1. The van der Waals surface area contributed by atoms with E-state index in [1.54, 1.807) is 0 Å². The van der Waals surface area contributed by atoms with Crippen LogP contribution in [0.5, 0.6) is 0 Å². The Morgan fingerprint density at radius 2 is 1.85 bits per heavy atom. The molecule has 0 saturated carbocycles. The molecule has 0 radical (unpaired) electrons. The van der Waals surface area contributed by atoms with E-state index in [0.29, 0.717) is 0 Å². The Kier molecular flexibility index (Phi) is 6.32. The van der Waals surface area contributed by atoms with Crippen LogP contribution in [-0.2, 0) is 6.42 Å². The van der Waals surface area contributed by atoms with E-state index in [-0.39, 0.29) is 0 Å². The summed E-state index contributed by atoms with van der Waals surface area (Å²) in [6.45, 7) is 7.55. The number of nitrogens with zero attached hydrogens (tertiary/aromatic N) is 3. The number of hydrogen-bond donors (Lipinski definition) is 1. The van der Waals surface area contributed by atoms with E-state index in [1.807, 2.05) is 0 Å². The summed E-state index contributed by atoms with van der Waals surface area (Å²) in [5, 5.41) is 3.46. The van der Waals surface area contributed by atoms with Gasteiger partial charge in [-0.15, -0.1) is 0 Å². The van der Waals surface area contributed by atoms with E-state index in [4.69, 9.17) is 9.97 Å². The molecule has 5 heteroatoms. The summed E-state index contributed by atoms with van der Waals surface area (Å²) in [6.07, 6.45) is 7.13. The third-order valence-electron chi connectivity index (χ3n) is 3.58. The highest BCUT2D eigenvalue weighted by Gasteiger charge is 2.17. The first-order chi connectivity index (χ1) is 9.76. The van der Waals surface area contributed by atoms with Gasteiger partial charge in [0.05, 0.1) is 9.26 Å². The molecular formula is C15H25IN4. The van der Waals surface area contributed by atoms with Crippen LogP contribution in [0.15, 0.2) is 0 Å². The summed E-state index contributed by atoms with van der Waals surface area (Å²) in [5.41, 5.74) is 1.20. The highest BCUT2D eigenvalue weighted by atomic mass is 127. The summed E-state index contributed by atoms with van der Waals surface area (Å²) >= 11 is 2.39. The molecule has 1 N–H and O–H groups in total. The van der Waals surface area contributed by atoms with Crippen LogP contribution in [0.1, 0.15) is 51.6 Å². The largest absolute Gasteiger partial charge is 0.369 e. The van der Waals surface area contributed by atoms with Crippen LogP contribution < -0.4 is 10.2 Å². The van der Waals surface area contributed by atoms with E-state index in [1.165, 1.54) is 28.5 Å². The fraction of sp³-hybridized carbons (Fsp3) is 0.733. The van der Waals surface area contributed by atoms with E-state index in [2.05, 4.69) is 46.7 Å². The quantitative estimate of drug-likeness (QED) is 0.752. The van der Waals surface area contributed by atoms with Crippen LogP contribution in [0, 0.1) is 3.57 Å². The first-order valence-corrected chi connectivity index (χ1v) is 8.89. The lowest BCUT2D eigenvalue weighted by Gasteiger charge is -2.27. The average molecular weight is 388 g/mol. The molecule has 4 nitrogen and oxygen atoms in total. The van der Waals surface area contributed by atoms with Gasteiger partial charge in [-0.25, -0.2) is 4.98 Å². The van der Waals surface area contributed by atoms with E-state index < -0.39 is 0 Å². The number of aromatic nitrogens is 2. The number of rotatable bonds is 6. The van der Waals surface area contributed by atoms with E-state index >= 15 is 0 Å². The molecule has 1 aliphatic heterocycles. The molecule has 0 aliphatic carbocycles. The van der Waals surface area contributed by atoms with Crippen molar-refractivity contribution in [2.24, 2.45) is 0 Å². The van der Waals surface area contributed by atoms with Crippen LogP contribution in [0.4, 0.5) is 11.8 Å². The van der Waals surface area contributed by atoms with Crippen molar-refractivity contribution < 1.29 is 0 Å². The van der Waals surface area contributed by atoms with Crippen molar-refractivity contribution in [3.63, 3.8) is 0 Å². The Balaban J connectivity index is 2.27. The zero-order chi connectivity index (χ0) is 14.4. The monoisotopic (exact) mass is 388 g/mol. The standard InChI is InChI=1S/C15H25IN4/c1-3-8-12-13(16)14(17-9-4-2)19-15(18-12)20-10-6-5-7-11-20/h3-11H2,1-2H3,(H,17,18,19). The summed E-state index contributed by atoms with van der Waals surface area (Å²) < 4.78 is 1.19. The number of halogens is 1. The van der Waals surface area contributed by atoms with Crippen molar-refractivity contribution >= 4 is 34.4 Å². The molecule has 20 heavy (non-hydrogen) atoms. The van der Waals surface area contributed by atoms with Crippen LogP contribution >= 0.6 is 22.6 Å². The smallest absolute Gasteiger partial charge is 0.227 e. The van der Waals surface area contributed by atoms with Gasteiger partial charge in [0.1, 0.15) is 5.82 Å². The molecule has 0 unspecified atom stereocenters.